The lowest BCUT2D eigenvalue weighted by Gasteiger charge is -2.16. The molecular formula is C17H20N6O. The Labute approximate surface area is 140 Å². The van der Waals surface area contributed by atoms with Crippen molar-refractivity contribution in [1.29, 1.82) is 0 Å². The van der Waals surface area contributed by atoms with Gasteiger partial charge in [0.1, 0.15) is 5.82 Å². The van der Waals surface area contributed by atoms with Crippen LogP contribution in [0.3, 0.4) is 0 Å². The number of aryl methyl sites for hydroxylation is 1. The van der Waals surface area contributed by atoms with Crippen LogP contribution in [-0.4, -0.2) is 25.4 Å². The van der Waals surface area contributed by atoms with Crippen molar-refractivity contribution in [2.75, 3.05) is 0 Å². The van der Waals surface area contributed by atoms with Crippen LogP contribution in [-0.2, 0) is 13.6 Å². The Morgan fingerprint density at radius 2 is 2.12 bits per heavy atom. The molecule has 2 N–H and O–H groups in total. The predicted molar refractivity (Wildman–Crippen MR) is 90.6 cm³/mol. The molecule has 0 radical (unpaired) electrons. The molecule has 0 saturated carbocycles. The number of amides is 2. The first-order valence-electron chi connectivity index (χ1n) is 7.74. The van der Waals surface area contributed by atoms with E-state index in [9.17, 15) is 4.79 Å². The van der Waals surface area contributed by atoms with Crippen LogP contribution < -0.4 is 10.6 Å². The van der Waals surface area contributed by atoms with E-state index in [4.69, 9.17) is 0 Å². The molecule has 0 bridgehead atoms. The van der Waals surface area contributed by atoms with Gasteiger partial charge < -0.3 is 15.2 Å². The third-order valence-corrected chi connectivity index (χ3v) is 3.81. The average molecular weight is 324 g/mol. The molecule has 7 nitrogen and oxygen atoms in total. The standard InChI is InChI=1S/C17H20N6O/c1-13(21-17(24)19-12-16-18-8-10-22(16)2)14-5-3-6-15(11-14)23-9-4-7-20-23/h3-11,13H,12H2,1-2H3,(H2,19,21,24). The molecule has 1 atom stereocenters. The maximum absolute atomic E-state index is 12.1. The van der Waals surface area contributed by atoms with Crippen LogP contribution in [0.15, 0.2) is 55.1 Å². The maximum atomic E-state index is 12.1. The topological polar surface area (TPSA) is 76.8 Å². The molecule has 0 aliphatic rings. The summed E-state index contributed by atoms with van der Waals surface area (Å²) in [6, 6.07) is 9.45. The van der Waals surface area contributed by atoms with Gasteiger partial charge in [-0.3, -0.25) is 0 Å². The van der Waals surface area contributed by atoms with E-state index >= 15 is 0 Å². The summed E-state index contributed by atoms with van der Waals surface area (Å²) in [5.41, 5.74) is 1.97. The molecule has 0 aliphatic heterocycles. The Bertz CT molecular complexity index is 808. The van der Waals surface area contributed by atoms with E-state index in [0.717, 1.165) is 17.1 Å². The fourth-order valence-electron chi connectivity index (χ4n) is 2.42. The van der Waals surface area contributed by atoms with Gasteiger partial charge >= 0.3 is 6.03 Å². The Hall–Kier alpha value is -3.09. The SMILES string of the molecule is CC(NC(=O)NCc1nccn1C)c1cccc(-n2cccn2)c1. The molecule has 0 fully saturated rings. The minimum Gasteiger partial charge on any atom is -0.337 e. The Morgan fingerprint density at radius 1 is 1.25 bits per heavy atom. The van der Waals surface area contributed by atoms with Crippen molar-refractivity contribution in [3.63, 3.8) is 0 Å². The summed E-state index contributed by atoms with van der Waals surface area (Å²) in [6.45, 7) is 2.33. The minimum absolute atomic E-state index is 0.123. The molecule has 2 aromatic heterocycles. The van der Waals surface area contributed by atoms with Gasteiger partial charge in [-0.15, -0.1) is 0 Å². The zero-order valence-corrected chi connectivity index (χ0v) is 13.7. The molecule has 24 heavy (non-hydrogen) atoms. The first kappa shape index (κ1) is 15.8. The lowest BCUT2D eigenvalue weighted by Crippen LogP contribution is -2.37. The fourth-order valence-corrected chi connectivity index (χ4v) is 2.42. The van der Waals surface area contributed by atoms with Crippen molar-refractivity contribution >= 4 is 6.03 Å². The second-order valence-corrected chi connectivity index (χ2v) is 5.55. The Kier molecular flexibility index (Phi) is 4.60. The van der Waals surface area contributed by atoms with Crippen molar-refractivity contribution in [2.45, 2.75) is 19.5 Å². The van der Waals surface area contributed by atoms with Crippen LogP contribution in [0.25, 0.3) is 5.69 Å². The first-order valence-corrected chi connectivity index (χ1v) is 7.74. The van der Waals surface area contributed by atoms with Crippen molar-refractivity contribution in [3.05, 3.63) is 66.5 Å². The van der Waals surface area contributed by atoms with E-state index in [0.29, 0.717) is 6.54 Å². The summed E-state index contributed by atoms with van der Waals surface area (Å²) in [6.07, 6.45) is 7.17. The van der Waals surface area contributed by atoms with E-state index < -0.39 is 0 Å². The molecule has 0 spiro atoms. The maximum Gasteiger partial charge on any atom is 0.315 e. The Morgan fingerprint density at radius 3 is 2.83 bits per heavy atom. The number of benzene rings is 1. The van der Waals surface area contributed by atoms with Gasteiger partial charge in [0.25, 0.3) is 0 Å². The van der Waals surface area contributed by atoms with Crippen molar-refractivity contribution in [1.82, 2.24) is 30.0 Å². The molecule has 3 aromatic rings. The molecule has 2 amide bonds. The van der Waals surface area contributed by atoms with Crippen LogP contribution in [0, 0.1) is 0 Å². The number of nitrogens with zero attached hydrogens (tertiary/aromatic N) is 4. The average Bonchev–Trinajstić information content (AvgIpc) is 3.25. The predicted octanol–water partition coefficient (Wildman–Crippen LogP) is 2.17. The van der Waals surface area contributed by atoms with Gasteiger partial charge in [0.15, 0.2) is 0 Å². The fraction of sp³-hybridized carbons (Fsp3) is 0.235. The third kappa shape index (κ3) is 3.62. The summed E-state index contributed by atoms with van der Waals surface area (Å²) in [5, 5.41) is 9.97. The normalized spacial score (nSPS) is 11.9. The second kappa shape index (κ2) is 6.99. The van der Waals surface area contributed by atoms with Crippen molar-refractivity contribution in [2.24, 2.45) is 7.05 Å². The molecule has 2 heterocycles. The second-order valence-electron chi connectivity index (χ2n) is 5.55. The zero-order chi connectivity index (χ0) is 16.9. The zero-order valence-electron chi connectivity index (χ0n) is 13.7. The van der Waals surface area contributed by atoms with Crippen molar-refractivity contribution in [3.8, 4) is 5.69 Å². The quantitative estimate of drug-likeness (QED) is 0.755. The number of nitrogens with one attached hydrogen (secondary N) is 2. The van der Waals surface area contributed by atoms with Gasteiger partial charge in [-0.05, 0) is 30.7 Å². The van der Waals surface area contributed by atoms with Gasteiger partial charge in [-0.2, -0.15) is 5.10 Å². The highest BCUT2D eigenvalue weighted by atomic mass is 16.2. The summed E-state index contributed by atoms with van der Waals surface area (Å²) >= 11 is 0. The van der Waals surface area contributed by atoms with Gasteiger partial charge in [0.05, 0.1) is 18.3 Å². The number of aromatic nitrogens is 4. The summed E-state index contributed by atoms with van der Waals surface area (Å²) in [5.74, 6) is 0.804. The number of urea groups is 1. The van der Waals surface area contributed by atoms with E-state index in [-0.39, 0.29) is 12.1 Å². The monoisotopic (exact) mass is 324 g/mol. The van der Waals surface area contributed by atoms with Gasteiger partial charge in [0, 0.05) is 31.8 Å². The van der Waals surface area contributed by atoms with E-state index in [1.54, 1.807) is 17.1 Å². The van der Waals surface area contributed by atoms with E-state index in [1.807, 2.05) is 61.3 Å². The largest absolute Gasteiger partial charge is 0.337 e. The number of hydrogen-bond donors (Lipinski definition) is 2. The lowest BCUT2D eigenvalue weighted by atomic mass is 10.1. The van der Waals surface area contributed by atoms with Gasteiger partial charge in [-0.25, -0.2) is 14.5 Å². The number of rotatable bonds is 5. The van der Waals surface area contributed by atoms with E-state index in [1.165, 1.54) is 0 Å². The number of imidazole rings is 1. The molecule has 3 rings (SSSR count). The lowest BCUT2D eigenvalue weighted by molar-refractivity contribution is 0.237. The third-order valence-electron chi connectivity index (χ3n) is 3.81. The summed E-state index contributed by atoms with van der Waals surface area (Å²) < 4.78 is 3.66. The molecule has 1 aromatic carbocycles. The van der Waals surface area contributed by atoms with Crippen LogP contribution in [0.2, 0.25) is 0 Å². The molecule has 0 saturated heterocycles. The van der Waals surface area contributed by atoms with Crippen LogP contribution in [0.1, 0.15) is 24.4 Å². The van der Waals surface area contributed by atoms with Gasteiger partial charge in [-0.1, -0.05) is 12.1 Å². The highest BCUT2D eigenvalue weighted by molar-refractivity contribution is 5.74. The number of hydrogen-bond acceptors (Lipinski definition) is 3. The Balaban J connectivity index is 1.60. The molecule has 7 heteroatoms. The number of carbonyl (C=O) groups is 1. The smallest absolute Gasteiger partial charge is 0.315 e. The molecule has 124 valence electrons. The van der Waals surface area contributed by atoms with E-state index in [2.05, 4.69) is 20.7 Å². The van der Waals surface area contributed by atoms with Crippen LogP contribution in [0.5, 0.6) is 0 Å². The molecular weight excluding hydrogens is 304 g/mol. The number of carbonyl (C=O) groups excluding carboxylic acids is 1. The first-order chi connectivity index (χ1) is 11.6. The van der Waals surface area contributed by atoms with Crippen LogP contribution in [0.4, 0.5) is 4.79 Å². The highest BCUT2D eigenvalue weighted by Gasteiger charge is 2.11. The molecule has 0 aliphatic carbocycles. The van der Waals surface area contributed by atoms with Gasteiger partial charge in [0.2, 0.25) is 0 Å². The van der Waals surface area contributed by atoms with Crippen LogP contribution >= 0.6 is 0 Å². The summed E-state index contributed by atoms with van der Waals surface area (Å²) in [7, 11) is 1.89. The minimum atomic E-state index is -0.227. The molecule has 1 unspecified atom stereocenters. The summed E-state index contributed by atoms with van der Waals surface area (Å²) in [4.78, 5) is 16.2. The van der Waals surface area contributed by atoms with Crippen molar-refractivity contribution < 1.29 is 4.79 Å². The highest BCUT2D eigenvalue weighted by Crippen LogP contribution is 2.16.